The van der Waals surface area contributed by atoms with Gasteiger partial charge in [-0.3, -0.25) is 4.52 Å². The first-order valence-corrected chi connectivity index (χ1v) is 5.55. The molecule has 4 atom stereocenters. The van der Waals surface area contributed by atoms with E-state index in [1.807, 2.05) is 0 Å². The summed E-state index contributed by atoms with van der Waals surface area (Å²) in [6.07, 6.45) is -8.98. The van der Waals surface area contributed by atoms with Gasteiger partial charge in [0.2, 0.25) is 0 Å². The Morgan fingerprint density at radius 2 is 1.76 bits per heavy atom. The Bertz CT molecular complexity index is 268. The number of rotatable bonds is 7. The van der Waals surface area contributed by atoms with Gasteiger partial charge in [-0.15, -0.1) is 6.10 Å². The molecule has 96 valence electrons. The predicted octanol–water partition coefficient (Wildman–Crippen LogP) is -4.91. The van der Waals surface area contributed by atoms with Crippen molar-refractivity contribution in [2.45, 2.75) is 24.4 Å². The normalized spacial score (nSPS) is 18.7. The number of carbonyl (C=O) groups is 1. The van der Waals surface area contributed by atoms with Crippen LogP contribution in [0.2, 0.25) is 0 Å². The summed E-state index contributed by atoms with van der Waals surface area (Å²) in [4.78, 5) is 26.4. The average Bonchev–Trinajstić information content (AvgIpc) is 2.21. The van der Waals surface area contributed by atoms with Crippen LogP contribution in [0.5, 0.6) is 0 Å². The molecule has 0 saturated heterocycles. The first-order valence-electron chi connectivity index (χ1n) is 4.02. The minimum Gasteiger partial charge on any atom is -0.851 e. The van der Waals surface area contributed by atoms with E-state index >= 15 is 0 Å². The van der Waals surface area contributed by atoms with E-state index in [2.05, 4.69) is 4.52 Å². The summed E-state index contributed by atoms with van der Waals surface area (Å²) in [7, 11) is -4.84. The van der Waals surface area contributed by atoms with Crippen molar-refractivity contribution >= 4 is 63.0 Å². The Balaban J connectivity index is 0. The van der Waals surface area contributed by atoms with Gasteiger partial charge in [0.15, 0.2) is 0 Å². The number of aliphatic hydroxyl groups is 2. The third-order valence-electron chi connectivity index (χ3n) is 1.60. The van der Waals surface area contributed by atoms with E-state index in [9.17, 15) is 19.6 Å². The average molecular weight is 395 g/mol. The molecule has 0 rings (SSSR count). The molecule has 4 N–H and O–H groups in total. The molecule has 0 aliphatic rings. The largest absolute Gasteiger partial charge is 2.00 e. The number of carbonyl (C=O) groups excluding carboxylic acids is 1. The Morgan fingerprint density at radius 3 is 2.12 bits per heavy atom. The number of hydrogen-bond donors (Lipinski definition) is 4. The first-order chi connectivity index (χ1) is 7.19. The van der Waals surface area contributed by atoms with Crippen molar-refractivity contribution in [2.24, 2.45) is 0 Å². The Morgan fingerprint density at radius 1 is 1.29 bits per heavy atom. The Labute approximate surface area is 137 Å². The van der Waals surface area contributed by atoms with Crippen LogP contribution in [0, 0.1) is 0 Å². The molecule has 0 aromatic carbocycles. The molecule has 0 heterocycles. The molecule has 0 bridgehead atoms. The van der Waals surface area contributed by atoms with Crippen molar-refractivity contribution in [3.63, 3.8) is 0 Å². The Kier molecular flexibility index (Phi) is 11.0. The number of hydrogen-bond acceptors (Lipinski definition) is 7. The molecule has 0 aliphatic heterocycles. The zero-order valence-corrected chi connectivity index (χ0v) is 13.9. The van der Waals surface area contributed by atoms with Crippen molar-refractivity contribution in [3.8, 4) is 0 Å². The SMILES string of the molecule is O=CC([O-])C([O-])C(O)C(O)COP(=O)(O)O.[Ba+2]. The maximum Gasteiger partial charge on any atom is 2.00 e. The quantitative estimate of drug-likeness (QED) is 0.187. The summed E-state index contributed by atoms with van der Waals surface area (Å²) in [6.45, 7) is -1.03. The molecule has 0 aromatic heterocycles. The maximum absolute atomic E-state index is 10.9. The van der Waals surface area contributed by atoms with E-state index in [-0.39, 0.29) is 55.2 Å². The van der Waals surface area contributed by atoms with Gasteiger partial charge in [0.25, 0.3) is 0 Å². The first kappa shape index (κ1) is 20.5. The molecular weight excluding hydrogens is 384 g/mol. The van der Waals surface area contributed by atoms with Gasteiger partial charge in [0.1, 0.15) is 12.4 Å². The van der Waals surface area contributed by atoms with Gasteiger partial charge < -0.3 is 35.0 Å². The summed E-state index contributed by atoms with van der Waals surface area (Å²) in [5.74, 6) is 0. The van der Waals surface area contributed by atoms with Crippen molar-refractivity contribution in [1.29, 1.82) is 0 Å². The van der Waals surface area contributed by atoms with E-state index in [1.165, 1.54) is 0 Å². The minimum absolute atomic E-state index is 0. The summed E-state index contributed by atoms with van der Waals surface area (Å²) < 4.78 is 14.0. The third kappa shape index (κ3) is 8.83. The van der Waals surface area contributed by atoms with Gasteiger partial charge in [-0.05, 0) is 0 Å². The summed E-state index contributed by atoms with van der Waals surface area (Å²) in [6, 6.07) is 0. The fourth-order valence-corrected chi connectivity index (χ4v) is 1.11. The van der Waals surface area contributed by atoms with Gasteiger partial charge in [0, 0.05) is 0 Å². The van der Waals surface area contributed by atoms with Crippen LogP contribution in [0.25, 0.3) is 0 Å². The van der Waals surface area contributed by atoms with Crippen molar-refractivity contribution in [2.75, 3.05) is 6.61 Å². The van der Waals surface area contributed by atoms with Crippen LogP contribution >= 0.6 is 7.82 Å². The molecule has 0 spiro atoms. The summed E-state index contributed by atoms with van der Waals surface area (Å²) in [5, 5.41) is 39.6. The fourth-order valence-electron chi connectivity index (χ4n) is 0.763. The molecule has 4 unspecified atom stereocenters. The van der Waals surface area contributed by atoms with Crippen LogP contribution in [-0.4, -0.2) is 106 Å². The number of aliphatic hydroxyl groups excluding tert-OH is 2. The molecule has 0 aliphatic carbocycles. The number of aldehydes is 1. The molecule has 0 fully saturated rings. The molecular formula is C6H11BaO9P. The standard InChI is InChI=1S/C6H11O9P.Ba/c7-1-3(8)5(10)6(11)4(9)2-15-16(12,13)14;/h1,3-6,9,11H,2H2,(H2,12,13,14);/q-2;+2. The van der Waals surface area contributed by atoms with Gasteiger partial charge >= 0.3 is 56.7 Å². The van der Waals surface area contributed by atoms with Crippen molar-refractivity contribution in [3.05, 3.63) is 0 Å². The van der Waals surface area contributed by atoms with Gasteiger partial charge in [-0.25, -0.2) is 4.57 Å². The van der Waals surface area contributed by atoms with Gasteiger partial charge in [-0.2, -0.15) is 0 Å². The second kappa shape index (κ2) is 9.15. The van der Waals surface area contributed by atoms with Gasteiger partial charge in [-0.1, -0.05) is 6.10 Å². The number of phosphoric ester groups is 1. The summed E-state index contributed by atoms with van der Waals surface area (Å²) >= 11 is 0. The molecule has 0 aromatic rings. The second-order valence-corrected chi connectivity index (χ2v) is 4.15. The fraction of sp³-hybridized carbons (Fsp3) is 0.833. The third-order valence-corrected chi connectivity index (χ3v) is 2.09. The second-order valence-electron chi connectivity index (χ2n) is 2.91. The smallest absolute Gasteiger partial charge is 0.851 e. The minimum atomic E-state index is -4.84. The monoisotopic (exact) mass is 396 g/mol. The predicted molar refractivity (Wildman–Crippen MR) is 49.4 cm³/mol. The molecule has 9 nitrogen and oxygen atoms in total. The van der Waals surface area contributed by atoms with Crippen LogP contribution in [0.4, 0.5) is 0 Å². The molecule has 0 saturated carbocycles. The molecule has 11 heteroatoms. The zero-order valence-electron chi connectivity index (χ0n) is 8.58. The van der Waals surface area contributed by atoms with E-state index in [1.54, 1.807) is 0 Å². The Hall–Kier alpha value is 1.19. The van der Waals surface area contributed by atoms with Crippen LogP contribution in [0.3, 0.4) is 0 Å². The maximum atomic E-state index is 10.9. The van der Waals surface area contributed by atoms with Crippen LogP contribution in [-0.2, 0) is 13.9 Å². The van der Waals surface area contributed by atoms with Crippen LogP contribution in [0.15, 0.2) is 0 Å². The van der Waals surface area contributed by atoms with Crippen molar-refractivity contribution < 1.29 is 44.1 Å². The van der Waals surface area contributed by atoms with E-state index in [0.29, 0.717) is 0 Å². The zero-order chi connectivity index (χ0) is 12.9. The molecule has 0 radical (unpaired) electrons. The van der Waals surface area contributed by atoms with Crippen LogP contribution < -0.4 is 10.2 Å². The molecule has 0 amide bonds. The van der Waals surface area contributed by atoms with E-state index in [4.69, 9.17) is 20.0 Å². The van der Waals surface area contributed by atoms with E-state index < -0.39 is 38.8 Å². The van der Waals surface area contributed by atoms with Gasteiger partial charge in [0.05, 0.1) is 12.7 Å². The van der Waals surface area contributed by atoms with E-state index in [0.717, 1.165) is 0 Å². The number of phosphoric acid groups is 1. The summed E-state index contributed by atoms with van der Waals surface area (Å²) in [5.41, 5.74) is 0. The van der Waals surface area contributed by atoms with Crippen molar-refractivity contribution in [1.82, 2.24) is 0 Å². The molecule has 17 heavy (non-hydrogen) atoms. The topological polar surface area (TPSA) is 170 Å². The van der Waals surface area contributed by atoms with Crippen LogP contribution in [0.1, 0.15) is 0 Å².